The van der Waals surface area contributed by atoms with Gasteiger partial charge in [0.25, 0.3) is 0 Å². The fraction of sp³-hybridized carbons (Fsp3) is 0.0500. The first-order valence-electron chi connectivity index (χ1n) is 14.3. The van der Waals surface area contributed by atoms with Crippen molar-refractivity contribution in [3.8, 4) is 22.3 Å². The summed E-state index contributed by atoms with van der Waals surface area (Å²) in [5.41, 5.74) is 7.87. The zero-order valence-electron chi connectivity index (χ0n) is 22.6. The van der Waals surface area contributed by atoms with Crippen molar-refractivity contribution in [1.29, 1.82) is 0 Å². The van der Waals surface area contributed by atoms with E-state index in [1.807, 2.05) is 11.8 Å². The number of rotatable bonds is 4. The molecule has 0 fully saturated rings. The van der Waals surface area contributed by atoms with E-state index in [1.54, 1.807) is 0 Å². The zero-order chi connectivity index (χ0) is 27.2. The van der Waals surface area contributed by atoms with E-state index >= 15 is 0 Å². The molecule has 41 heavy (non-hydrogen) atoms. The fourth-order valence-corrected chi connectivity index (χ4v) is 7.67. The van der Waals surface area contributed by atoms with E-state index in [0.29, 0.717) is 5.25 Å². The van der Waals surface area contributed by atoms with Crippen molar-refractivity contribution in [2.45, 2.75) is 11.7 Å². The van der Waals surface area contributed by atoms with Gasteiger partial charge < -0.3 is 0 Å². The summed E-state index contributed by atoms with van der Waals surface area (Å²) in [5, 5.41) is 8.19. The molecule has 7 aromatic carbocycles. The molecule has 194 valence electrons. The molecule has 0 saturated heterocycles. The van der Waals surface area contributed by atoms with Crippen LogP contribution in [0.25, 0.3) is 59.5 Å². The molecule has 1 heterocycles. The lowest BCUT2D eigenvalue weighted by Gasteiger charge is -2.18. The third kappa shape index (κ3) is 4.25. The lowest BCUT2D eigenvalue weighted by atomic mass is 9.85. The standard InChI is InChI=1S/C40H28S/c1-2-11-28(12-3-1)37-24-25-38(41-37)29-19-21-30(22-20-29)39-33-14-6-8-16-35(33)40(36-17-9-7-15-34(36)39)32-23-18-27-10-4-5-13-31(27)26-32/h1-24,26,38H,25H2. The average molecular weight is 541 g/mol. The highest BCUT2D eigenvalue weighted by molar-refractivity contribution is 8.08. The van der Waals surface area contributed by atoms with Crippen LogP contribution >= 0.6 is 11.8 Å². The van der Waals surface area contributed by atoms with Gasteiger partial charge in [0, 0.05) is 10.2 Å². The Balaban J connectivity index is 1.24. The summed E-state index contributed by atoms with van der Waals surface area (Å²) >= 11 is 1.99. The molecule has 0 aliphatic carbocycles. The van der Waals surface area contributed by atoms with Crippen LogP contribution in [-0.2, 0) is 0 Å². The van der Waals surface area contributed by atoms with Crippen LogP contribution in [0.3, 0.4) is 0 Å². The third-order valence-electron chi connectivity index (χ3n) is 8.39. The van der Waals surface area contributed by atoms with Gasteiger partial charge in [0.1, 0.15) is 0 Å². The van der Waals surface area contributed by atoms with Gasteiger partial charge in [0.15, 0.2) is 0 Å². The molecule has 7 aromatic rings. The third-order valence-corrected chi connectivity index (χ3v) is 9.79. The van der Waals surface area contributed by atoms with E-state index in [9.17, 15) is 0 Å². The molecule has 0 nitrogen and oxygen atoms in total. The summed E-state index contributed by atoms with van der Waals surface area (Å²) < 4.78 is 0. The van der Waals surface area contributed by atoms with Crippen molar-refractivity contribution >= 4 is 49.0 Å². The van der Waals surface area contributed by atoms with Crippen molar-refractivity contribution in [1.82, 2.24) is 0 Å². The van der Waals surface area contributed by atoms with Gasteiger partial charge in [-0.25, -0.2) is 0 Å². The lowest BCUT2D eigenvalue weighted by molar-refractivity contribution is 0.991. The molecule has 1 aliphatic heterocycles. The molecule has 0 N–H and O–H groups in total. The predicted molar refractivity (Wildman–Crippen MR) is 179 cm³/mol. The minimum Gasteiger partial charge on any atom is -0.117 e. The number of hydrogen-bond acceptors (Lipinski definition) is 1. The Morgan fingerprint density at radius 3 is 1.63 bits per heavy atom. The Morgan fingerprint density at radius 1 is 0.439 bits per heavy atom. The maximum absolute atomic E-state index is 2.39. The largest absolute Gasteiger partial charge is 0.117 e. The highest BCUT2D eigenvalue weighted by atomic mass is 32.2. The Hall–Kier alpha value is -4.59. The summed E-state index contributed by atoms with van der Waals surface area (Å²) in [6, 6.07) is 53.4. The molecule has 0 bridgehead atoms. The zero-order valence-corrected chi connectivity index (χ0v) is 23.4. The van der Waals surface area contributed by atoms with Crippen LogP contribution in [0.4, 0.5) is 0 Å². The number of fused-ring (bicyclic) bond motifs is 3. The van der Waals surface area contributed by atoms with Crippen LogP contribution in [0.15, 0.2) is 152 Å². The molecule has 0 aromatic heterocycles. The second-order valence-electron chi connectivity index (χ2n) is 10.8. The molecule has 1 heteroatoms. The van der Waals surface area contributed by atoms with E-state index < -0.39 is 0 Å². The second-order valence-corrected chi connectivity index (χ2v) is 12.0. The minimum absolute atomic E-state index is 0.461. The Kier molecular flexibility index (Phi) is 5.97. The highest BCUT2D eigenvalue weighted by Gasteiger charge is 2.21. The molecule has 8 rings (SSSR count). The van der Waals surface area contributed by atoms with Crippen molar-refractivity contribution in [3.63, 3.8) is 0 Å². The van der Waals surface area contributed by atoms with E-state index in [-0.39, 0.29) is 0 Å². The molecule has 1 unspecified atom stereocenters. The van der Waals surface area contributed by atoms with Crippen molar-refractivity contribution in [3.05, 3.63) is 163 Å². The van der Waals surface area contributed by atoms with Gasteiger partial charge in [-0.15, -0.1) is 11.8 Å². The van der Waals surface area contributed by atoms with E-state index in [0.717, 1.165) is 6.42 Å². The lowest BCUT2D eigenvalue weighted by Crippen LogP contribution is -1.92. The van der Waals surface area contributed by atoms with Gasteiger partial charge in [-0.3, -0.25) is 0 Å². The summed E-state index contributed by atoms with van der Waals surface area (Å²) in [5.74, 6) is 0. The minimum atomic E-state index is 0.461. The first-order valence-corrected chi connectivity index (χ1v) is 15.2. The summed E-state index contributed by atoms with van der Waals surface area (Å²) in [6.45, 7) is 0. The van der Waals surface area contributed by atoms with Gasteiger partial charge in [-0.2, -0.15) is 0 Å². The van der Waals surface area contributed by atoms with Gasteiger partial charge >= 0.3 is 0 Å². The summed E-state index contributed by atoms with van der Waals surface area (Å²) in [7, 11) is 0. The Morgan fingerprint density at radius 2 is 0.976 bits per heavy atom. The normalized spacial score (nSPS) is 15.0. The van der Waals surface area contributed by atoms with Crippen molar-refractivity contribution in [2.75, 3.05) is 0 Å². The van der Waals surface area contributed by atoms with Crippen LogP contribution in [0, 0.1) is 0 Å². The smallest absolute Gasteiger partial charge is 0.0379 e. The van der Waals surface area contributed by atoms with Crippen LogP contribution in [-0.4, -0.2) is 0 Å². The maximum atomic E-state index is 2.39. The molecule has 1 aliphatic rings. The monoisotopic (exact) mass is 540 g/mol. The molecule has 0 spiro atoms. The topological polar surface area (TPSA) is 0 Å². The number of benzene rings is 7. The first-order chi connectivity index (χ1) is 20.3. The number of hydrogen-bond donors (Lipinski definition) is 0. The fourth-order valence-electron chi connectivity index (χ4n) is 6.42. The highest BCUT2D eigenvalue weighted by Crippen LogP contribution is 2.49. The van der Waals surface area contributed by atoms with Crippen molar-refractivity contribution in [2.24, 2.45) is 0 Å². The average Bonchev–Trinajstić information content (AvgIpc) is 3.54. The molecule has 0 radical (unpaired) electrons. The van der Waals surface area contributed by atoms with E-state index in [4.69, 9.17) is 0 Å². The van der Waals surface area contributed by atoms with Gasteiger partial charge in [0.05, 0.1) is 0 Å². The molecular weight excluding hydrogens is 513 g/mol. The first kappa shape index (κ1) is 24.2. The predicted octanol–water partition coefficient (Wildman–Crippen LogP) is 11.7. The molecular formula is C40H28S. The number of thioether (sulfide) groups is 1. The maximum Gasteiger partial charge on any atom is 0.0379 e. The second kappa shape index (κ2) is 10.1. The van der Waals surface area contributed by atoms with Gasteiger partial charge in [-0.05, 0) is 78.2 Å². The summed E-state index contributed by atoms with van der Waals surface area (Å²) in [4.78, 5) is 1.39. The Labute approximate surface area is 245 Å². The van der Waals surface area contributed by atoms with E-state index in [1.165, 1.54) is 70.6 Å². The SMILES string of the molecule is C1=C(c2ccccc2)SC(c2ccc(-c3c4ccccc4c(-c4ccc5ccccc5c4)c4ccccc34)cc2)C1. The number of allylic oxidation sites excluding steroid dienone is 1. The summed E-state index contributed by atoms with van der Waals surface area (Å²) in [6.07, 6.45) is 3.46. The van der Waals surface area contributed by atoms with Crippen molar-refractivity contribution < 1.29 is 0 Å². The van der Waals surface area contributed by atoms with E-state index in [2.05, 4.69) is 152 Å². The van der Waals surface area contributed by atoms with Crippen LogP contribution in [0.1, 0.15) is 22.8 Å². The van der Waals surface area contributed by atoms with Gasteiger partial charge in [-0.1, -0.05) is 146 Å². The molecule has 0 saturated carbocycles. The molecule has 0 amide bonds. The Bertz CT molecular complexity index is 2030. The van der Waals surface area contributed by atoms with Gasteiger partial charge in [0.2, 0.25) is 0 Å². The molecule has 1 atom stereocenters. The van der Waals surface area contributed by atoms with Crippen LogP contribution in [0.2, 0.25) is 0 Å². The van der Waals surface area contributed by atoms with Crippen LogP contribution < -0.4 is 0 Å². The van der Waals surface area contributed by atoms with Crippen LogP contribution in [0.5, 0.6) is 0 Å². The quantitative estimate of drug-likeness (QED) is 0.200.